The molecule has 0 spiro atoms. The molecule has 0 saturated carbocycles. The van der Waals surface area contributed by atoms with Gasteiger partial charge in [0.2, 0.25) is 0 Å². The maximum Gasteiger partial charge on any atom is 0.333 e. The molecule has 0 amide bonds. The number of rotatable bonds is 3. The Morgan fingerprint density at radius 2 is 1.35 bits per heavy atom. The Morgan fingerprint density at radius 3 is 1.40 bits per heavy atom. The summed E-state index contributed by atoms with van der Waals surface area (Å²) < 4.78 is 9.31. The molecule has 0 aliphatic heterocycles. The average Bonchev–Trinajstić information content (AvgIpc) is 2.26. The molecule has 0 aliphatic carbocycles. The lowest BCUT2D eigenvalue weighted by molar-refractivity contribution is -0.747. The highest BCUT2D eigenvalue weighted by Crippen LogP contribution is 1.91. The van der Waals surface area contributed by atoms with Gasteiger partial charge in [0.25, 0.3) is 0 Å². The molecule has 0 heterocycles. The number of hydrogen-bond donors (Lipinski definition) is 0. The summed E-state index contributed by atoms with van der Waals surface area (Å²) in [5.41, 5.74) is 0.884. The number of halogens is 1. The van der Waals surface area contributed by atoms with Crippen molar-refractivity contribution in [2.45, 2.75) is 20.8 Å². The van der Waals surface area contributed by atoms with E-state index in [-0.39, 0.29) is 11.9 Å². The fourth-order valence-corrected chi connectivity index (χ4v) is 0.429. The standard InChI is InChI=1S/C6H10O2.C5H8O2.C3H9ClN/c1-4-8-6(7)5(2)3;1-4(2)5(6)7-3;1-5(2,3)4/h2,4H2,1,3H3;1H2,2-3H3;1-3H3/q;;+1. The first-order chi connectivity index (χ1) is 8.86. The Kier molecular flexibility index (Phi) is 15.1. The lowest BCUT2D eigenvalue weighted by atomic mass is 10.4. The molecule has 118 valence electrons. The number of carbonyl (C=O) groups excluding carboxylic acids is 2. The van der Waals surface area contributed by atoms with Crippen LogP contribution in [0.1, 0.15) is 20.8 Å². The molecule has 0 N–H and O–H groups in total. The Balaban J connectivity index is -0.000000223. The molecular weight excluding hydrogens is 282 g/mol. The minimum absolute atomic E-state index is 0.312. The molecule has 0 bridgehead atoms. The summed E-state index contributed by atoms with van der Waals surface area (Å²) in [5.74, 6) is -0.660. The number of carbonyl (C=O) groups is 2. The third-order valence-electron chi connectivity index (χ3n) is 1.16. The van der Waals surface area contributed by atoms with E-state index in [0.717, 1.165) is 0 Å². The normalized spacial score (nSPS) is 9.00. The second kappa shape index (κ2) is 12.7. The number of nitrogens with zero attached hydrogens (tertiary/aromatic N) is 1. The third-order valence-corrected chi connectivity index (χ3v) is 1.16. The van der Waals surface area contributed by atoms with Crippen LogP contribution in [-0.4, -0.2) is 50.8 Å². The van der Waals surface area contributed by atoms with Gasteiger partial charge in [0.05, 0.1) is 34.9 Å². The summed E-state index contributed by atoms with van der Waals surface area (Å²) in [6.07, 6.45) is 0. The Hall–Kier alpha value is -1.33. The van der Waals surface area contributed by atoms with Gasteiger partial charge in [-0.1, -0.05) is 13.2 Å². The van der Waals surface area contributed by atoms with Crippen molar-refractivity contribution < 1.29 is 23.1 Å². The van der Waals surface area contributed by atoms with Gasteiger partial charge in [-0.2, -0.15) is 0 Å². The van der Waals surface area contributed by atoms with Crippen molar-refractivity contribution in [1.82, 2.24) is 0 Å². The van der Waals surface area contributed by atoms with Crippen LogP contribution in [0.3, 0.4) is 0 Å². The van der Waals surface area contributed by atoms with Crippen molar-refractivity contribution in [3.63, 3.8) is 0 Å². The van der Waals surface area contributed by atoms with Gasteiger partial charge < -0.3 is 9.47 Å². The average molecular weight is 309 g/mol. The highest BCUT2D eigenvalue weighted by Gasteiger charge is 1.98. The molecule has 0 aromatic rings. The van der Waals surface area contributed by atoms with Crippen molar-refractivity contribution in [3.05, 3.63) is 24.3 Å². The number of quaternary nitrogens is 1. The molecule has 0 aliphatic rings. The molecule has 0 radical (unpaired) electrons. The van der Waals surface area contributed by atoms with Crippen LogP contribution in [0.5, 0.6) is 0 Å². The molecule has 0 atom stereocenters. The Bertz CT molecular complexity index is 327. The maximum atomic E-state index is 10.4. The van der Waals surface area contributed by atoms with Gasteiger partial charge in [0.1, 0.15) is 0 Å². The highest BCUT2D eigenvalue weighted by atomic mass is 35.5. The van der Waals surface area contributed by atoms with Gasteiger partial charge in [0, 0.05) is 11.1 Å². The fourth-order valence-electron chi connectivity index (χ4n) is 0.429. The van der Waals surface area contributed by atoms with E-state index in [1.165, 1.54) is 7.11 Å². The monoisotopic (exact) mass is 308 g/mol. The summed E-state index contributed by atoms with van der Waals surface area (Å²) in [4.78, 5) is 20.6. The first-order valence-electron chi connectivity index (χ1n) is 5.94. The molecule has 6 heteroatoms. The van der Waals surface area contributed by atoms with Crippen molar-refractivity contribution >= 4 is 23.7 Å². The number of methoxy groups -OCH3 is 1. The molecule has 20 heavy (non-hydrogen) atoms. The Morgan fingerprint density at radius 1 is 1.05 bits per heavy atom. The molecule has 5 nitrogen and oxygen atoms in total. The van der Waals surface area contributed by atoms with E-state index in [0.29, 0.717) is 21.8 Å². The van der Waals surface area contributed by atoms with Crippen LogP contribution in [0.15, 0.2) is 24.3 Å². The topological polar surface area (TPSA) is 52.6 Å². The summed E-state index contributed by atoms with van der Waals surface area (Å²) in [5, 5.41) is 0. The maximum absolute atomic E-state index is 10.4. The number of ether oxygens (including phenoxy) is 2. The quantitative estimate of drug-likeness (QED) is 0.457. The number of hydrogen-bond acceptors (Lipinski definition) is 4. The molecule has 0 unspecified atom stereocenters. The van der Waals surface area contributed by atoms with Crippen LogP contribution < -0.4 is 0 Å². The zero-order valence-electron chi connectivity index (χ0n) is 13.6. The van der Waals surface area contributed by atoms with Crippen molar-refractivity contribution in [1.29, 1.82) is 0 Å². The predicted molar refractivity (Wildman–Crippen MR) is 82.2 cm³/mol. The zero-order chi connectivity index (χ0) is 16.9. The largest absolute Gasteiger partial charge is 0.466 e. The van der Waals surface area contributed by atoms with Crippen LogP contribution in [0.2, 0.25) is 0 Å². The van der Waals surface area contributed by atoms with E-state index in [2.05, 4.69) is 22.6 Å². The predicted octanol–water partition coefficient (Wildman–Crippen LogP) is 2.71. The summed E-state index contributed by atoms with van der Waals surface area (Å²) in [7, 11) is 7.00. The molecule has 0 saturated heterocycles. The molecular formula is C14H27ClNO4+. The first-order valence-corrected chi connectivity index (χ1v) is 6.28. The van der Waals surface area contributed by atoms with Gasteiger partial charge in [-0.15, -0.1) is 0 Å². The van der Waals surface area contributed by atoms with Crippen molar-refractivity contribution in [3.8, 4) is 0 Å². The van der Waals surface area contributed by atoms with E-state index in [1.807, 2.05) is 21.1 Å². The van der Waals surface area contributed by atoms with Gasteiger partial charge in [0.15, 0.2) is 11.8 Å². The highest BCUT2D eigenvalue weighted by molar-refractivity contribution is 6.06. The van der Waals surface area contributed by atoms with Crippen molar-refractivity contribution in [2.75, 3.05) is 34.9 Å². The molecule has 0 aromatic carbocycles. The van der Waals surface area contributed by atoms with Crippen LogP contribution in [0, 0.1) is 0 Å². The van der Waals surface area contributed by atoms with Gasteiger partial charge in [-0.3, -0.25) is 0 Å². The lowest BCUT2D eigenvalue weighted by Gasteiger charge is -2.07. The lowest BCUT2D eigenvalue weighted by Crippen LogP contribution is -2.19. The van der Waals surface area contributed by atoms with Gasteiger partial charge in [-0.25, -0.2) is 13.6 Å². The van der Waals surface area contributed by atoms with E-state index in [4.69, 9.17) is 11.8 Å². The van der Waals surface area contributed by atoms with Crippen LogP contribution in [0.4, 0.5) is 0 Å². The molecule has 0 fully saturated rings. The van der Waals surface area contributed by atoms with Crippen molar-refractivity contribution in [2.24, 2.45) is 0 Å². The minimum atomic E-state index is -0.347. The van der Waals surface area contributed by atoms with Crippen LogP contribution in [-0.2, 0) is 19.1 Å². The summed E-state index contributed by atoms with van der Waals surface area (Å²) in [6.45, 7) is 12.2. The van der Waals surface area contributed by atoms with E-state index in [9.17, 15) is 9.59 Å². The van der Waals surface area contributed by atoms with E-state index in [1.54, 1.807) is 20.8 Å². The summed E-state index contributed by atoms with van der Waals surface area (Å²) in [6, 6.07) is 0. The molecule has 0 aromatic heterocycles. The van der Waals surface area contributed by atoms with E-state index >= 15 is 0 Å². The van der Waals surface area contributed by atoms with Crippen LogP contribution >= 0.6 is 11.8 Å². The summed E-state index contributed by atoms with van der Waals surface area (Å²) >= 11 is 5.47. The number of esters is 2. The SMILES string of the molecule is C=C(C)C(=O)OC.C=C(C)C(=O)OCC.C[N+](C)(C)Cl. The van der Waals surface area contributed by atoms with E-state index < -0.39 is 0 Å². The van der Waals surface area contributed by atoms with Gasteiger partial charge in [-0.05, 0) is 20.8 Å². The van der Waals surface area contributed by atoms with Crippen LogP contribution in [0.25, 0.3) is 0 Å². The minimum Gasteiger partial charge on any atom is -0.466 e. The fraction of sp³-hybridized carbons (Fsp3) is 0.571. The second-order valence-corrected chi connectivity index (χ2v) is 5.64. The second-order valence-electron chi connectivity index (χ2n) is 4.62. The van der Waals surface area contributed by atoms with Gasteiger partial charge >= 0.3 is 11.9 Å². The smallest absolute Gasteiger partial charge is 0.333 e. The zero-order valence-corrected chi connectivity index (χ0v) is 14.3. The Labute approximate surface area is 127 Å². The third kappa shape index (κ3) is 30.1. The molecule has 0 rings (SSSR count). The first kappa shape index (κ1) is 23.7.